The zero-order valence-electron chi connectivity index (χ0n) is 14.9. The molecule has 0 spiro atoms. The Hall–Kier alpha value is -1.71. The number of hydrogen-bond donors (Lipinski definition) is 0. The highest BCUT2D eigenvalue weighted by atomic mass is 16.5. The van der Waals surface area contributed by atoms with Gasteiger partial charge in [0.25, 0.3) is 0 Å². The van der Waals surface area contributed by atoms with Gasteiger partial charge in [-0.2, -0.15) is 0 Å². The Morgan fingerprint density at radius 3 is 1.79 bits per heavy atom. The van der Waals surface area contributed by atoms with Crippen LogP contribution in [0.1, 0.15) is 38.5 Å². The van der Waals surface area contributed by atoms with Crippen molar-refractivity contribution in [2.75, 3.05) is 21.3 Å². The van der Waals surface area contributed by atoms with Crippen LogP contribution in [0.15, 0.2) is 17.1 Å². The van der Waals surface area contributed by atoms with Crippen molar-refractivity contribution in [1.82, 2.24) is 0 Å². The Morgan fingerprint density at radius 1 is 0.875 bits per heavy atom. The topological polar surface area (TPSA) is 40.0 Å². The second-order valence-electron chi connectivity index (χ2n) is 7.92. The van der Waals surface area contributed by atoms with Crippen molar-refractivity contribution in [2.24, 2.45) is 28.2 Å². The largest absolute Gasteiger partial charge is 0.496 e. The van der Waals surface area contributed by atoms with Gasteiger partial charge in [0.2, 0.25) is 0 Å². The first-order valence-corrected chi connectivity index (χ1v) is 9.00. The molecular formula is C20H27NO3. The Morgan fingerprint density at radius 2 is 1.38 bits per heavy atom. The third kappa shape index (κ3) is 2.66. The number of methoxy groups -OCH3 is 3. The number of rotatable bonds is 5. The van der Waals surface area contributed by atoms with Crippen molar-refractivity contribution in [1.29, 1.82) is 0 Å². The molecule has 0 amide bonds. The number of benzene rings is 1. The van der Waals surface area contributed by atoms with Crippen LogP contribution in [0.5, 0.6) is 17.2 Å². The van der Waals surface area contributed by atoms with Crippen LogP contribution in [0.3, 0.4) is 0 Å². The van der Waals surface area contributed by atoms with Crippen LogP contribution < -0.4 is 14.2 Å². The van der Waals surface area contributed by atoms with Gasteiger partial charge in [0.05, 0.1) is 21.3 Å². The van der Waals surface area contributed by atoms with E-state index in [-0.39, 0.29) is 0 Å². The molecule has 0 unspecified atom stereocenters. The van der Waals surface area contributed by atoms with Crippen LogP contribution in [-0.2, 0) is 0 Å². The van der Waals surface area contributed by atoms with Gasteiger partial charge in [-0.3, -0.25) is 4.99 Å². The van der Waals surface area contributed by atoms with Crippen LogP contribution in [-0.4, -0.2) is 27.5 Å². The lowest BCUT2D eigenvalue weighted by molar-refractivity contribution is -0.00957. The first-order valence-electron chi connectivity index (χ1n) is 9.00. The fourth-order valence-electron chi connectivity index (χ4n) is 5.65. The summed E-state index contributed by atoms with van der Waals surface area (Å²) in [6.07, 6.45) is 10.5. The van der Waals surface area contributed by atoms with Crippen molar-refractivity contribution < 1.29 is 14.2 Å². The Labute approximate surface area is 144 Å². The maximum atomic E-state index is 5.53. The number of aliphatic imine (C=N–C) groups is 1. The van der Waals surface area contributed by atoms with Gasteiger partial charge in [-0.15, -0.1) is 0 Å². The van der Waals surface area contributed by atoms with Crippen LogP contribution in [0, 0.1) is 23.2 Å². The maximum absolute atomic E-state index is 5.53. The van der Waals surface area contributed by atoms with Gasteiger partial charge in [0.15, 0.2) is 11.5 Å². The SMILES string of the molecule is COc1cc(OC)c(N=CC23CC4CC(CC(C4)C2)C3)c(OC)c1. The summed E-state index contributed by atoms with van der Waals surface area (Å²) < 4.78 is 16.4. The summed E-state index contributed by atoms with van der Waals surface area (Å²) in [5.41, 5.74) is 1.07. The lowest BCUT2D eigenvalue weighted by Gasteiger charge is -2.55. The molecular weight excluding hydrogens is 302 g/mol. The number of nitrogens with zero attached hydrogens (tertiary/aromatic N) is 1. The van der Waals surface area contributed by atoms with E-state index in [1.807, 2.05) is 12.1 Å². The normalized spacial score (nSPS) is 33.9. The summed E-state index contributed by atoms with van der Waals surface area (Å²) in [6.45, 7) is 0. The van der Waals surface area contributed by atoms with E-state index in [1.165, 1.54) is 38.5 Å². The van der Waals surface area contributed by atoms with Crippen molar-refractivity contribution in [3.8, 4) is 17.2 Å². The highest BCUT2D eigenvalue weighted by Gasteiger charge is 2.50. The summed E-state index contributed by atoms with van der Waals surface area (Å²) in [5, 5.41) is 0. The third-order valence-electron chi connectivity index (χ3n) is 6.24. The van der Waals surface area contributed by atoms with Gasteiger partial charge < -0.3 is 14.2 Å². The van der Waals surface area contributed by atoms with Gasteiger partial charge in [-0.1, -0.05) is 0 Å². The molecule has 0 aromatic heterocycles. The standard InChI is InChI=1S/C20H27NO3/c1-22-16-7-17(23-2)19(18(8-16)24-3)21-12-20-9-13-4-14(10-20)6-15(5-13)11-20/h7-8,12-15H,4-6,9-11H2,1-3H3. The molecule has 4 aliphatic rings. The van der Waals surface area contributed by atoms with Crippen molar-refractivity contribution in [2.45, 2.75) is 38.5 Å². The molecule has 1 aromatic carbocycles. The van der Waals surface area contributed by atoms with Gasteiger partial charge in [-0.25, -0.2) is 0 Å². The molecule has 0 heterocycles. The second-order valence-corrected chi connectivity index (χ2v) is 7.92. The second kappa shape index (κ2) is 5.98. The number of hydrogen-bond acceptors (Lipinski definition) is 4. The highest BCUT2D eigenvalue weighted by Crippen LogP contribution is 2.59. The molecule has 0 saturated heterocycles. The molecule has 4 fully saturated rings. The Kier molecular flexibility index (Phi) is 3.93. The average molecular weight is 329 g/mol. The molecule has 130 valence electrons. The van der Waals surface area contributed by atoms with E-state index in [2.05, 4.69) is 6.21 Å². The fraction of sp³-hybridized carbons (Fsp3) is 0.650. The molecule has 0 N–H and O–H groups in total. The smallest absolute Gasteiger partial charge is 0.151 e. The van der Waals surface area contributed by atoms with Crippen LogP contribution in [0.2, 0.25) is 0 Å². The Balaban J connectivity index is 1.66. The minimum atomic E-state index is 0.296. The summed E-state index contributed by atoms with van der Waals surface area (Å²) in [6, 6.07) is 3.74. The molecule has 0 aliphatic heterocycles. The van der Waals surface area contributed by atoms with Crippen LogP contribution >= 0.6 is 0 Å². The lowest BCUT2D eigenvalue weighted by Crippen LogP contribution is -2.46. The quantitative estimate of drug-likeness (QED) is 0.739. The molecule has 24 heavy (non-hydrogen) atoms. The molecule has 0 atom stereocenters. The molecule has 5 rings (SSSR count). The van der Waals surface area contributed by atoms with Gasteiger partial charge in [0, 0.05) is 23.8 Å². The number of ether oxygens (including phenoxy) is 3. The van der Waals surface area contributed by atoms with Crippen LogP contribution in [0.4, 0.5) is 5.69 Å². The maximum Gasteiger partial charge on any atom is 0.151 e. The summed E-state index contributed by atoms with van der Waals surface area (Å²) in [7, 11) is 4.97. The lowest BCUT2D eigenvalue weighted by atomic mass is 9.50. The van der Waals surface area contributed by atoms with Crippen molar-refractivity contribution >= 4 is 11.9 Å². The third-order valence-corrected chi connectivity index (χ3v) is 6.24. The Bertz CT molecular complexity index is 592. The fourth-order valence-corrected chi connectivity index (χ4v) is 5.65. The first kappa shape index (κ1) is 15.8. The van der Waals surface area contributed by atoms with E-state index >= 15 is 0 Å². The molecule has 4 saturated carbocycles. The summed E-state index contributed by atoms with van der Waals surface area (Å²) >= 11 is 0. The van der Waals surface area contributed by atoms with Crippen LogP contribution in [0.25, 0.3) is 0 Å². The minimum absolute atomic E-state index is 0.296. The highest BCUT2D eigenvalue weighted by molar-refractivity contribution is 5.76. The van der Waals surface area contributed by atoms with Gasteiger partial charge >= 0.3 is 0 Å². The van der Waals surface area contributed by atoms with Gasteiger partial charge in [-0.05, 0) is 56.3 Å². The molecule has 0 radical (unpaired) electrons. The molecule has 1 aromatic rings. The summed E-state index contributed by atoms with van der Waals surface area (Å²) in [4.78, 5) is 4.88. The van der Waals surface area contributed by atoms with Crippen molar-refractivity contribution in [3.05, 3.63) is 12.1 Å². The molecule has 4 nitrogen and oxygen atoms in total. The minimum Gasteiger partial charge on any atom is -0.496 e. The summed E-state index contributed by atoms with van der Waals surface area (Å²) in [5.74, 6) is 4.88. The predicted molar refractivity (Wildman–Crippen MR) is 94.9 cm³/mol. The average Bonchev–Trinajstić information content (AvgIpc) is 2.58. The predicted octanol–water partition coefficient (Wildman–Crippen LogP) is 4.63. The van der Waals surface area contributed by atoms with E-state index in [1.54, 1.807) is 21.3 Å². The van der Waals surface area contributed by atoms with E-state index < -0.39 is 0 Å². The van der Waals surface area contributed by atoms with E-state index in [0.29, 0.717) is 16.9 Å². The van der Waals surface area contributed by atoms with Crippen molar-refractivity contribution in [3.63, 3.8) is 0 Å². The monoisotopic (exact) mass is 329 g/mol. The zero-order valence-corrected chi connectivity index (χ0v) is 14.9. The van der Waals surface area contributed by atoms with E-state index in [4.69, 9.17) is 19.2 Å². The molecule has 4 bridgehead atoms. The molecule has 4 aliphatic carbocycles. The van der Waals surface area contributed by atoms with E-state index in [0.717, 1.165) is 29.2 Å². The zero-order chi connectivity index (χ0) is 16.7. The van der Waals surface area contributed by atoms with E-state index in [9.17, 15) is 0 Å². The molecule has 4 heteroatoms. The first-order chi connectivity index (χ1) is 11.6. The van der Waals surface area contributed by atoms with Gasteiger partial charge in [0.1, 0.15) is 11.4 Å².